The number of nitrogens with two attached hydrogens (primary N) is 1. The molecule has 0 aliphatic rings. The van der Waals surface area contributed by atoms with E-state index in [0.717, 1.165) is 6.42 Å². The summed E-state index contributed by atoms with van der Waals surface area (Å²) in [6.45, 7) is 0.524. The van der Waals surface area contributed by atoms with Crippen molar-refractivity contribution in [3.8, 4) is 0 Å². The van der Waals surface area contributed by atoms with Gasteiger partial charge in [-0.05, 0) is 31.0 Å². The molecule has 0 aromatic heterocycles. The normalized spacial score (nSPS) is 10.0. The minimum absolute atomic E-state index is 0.188. The molecule has 17 heavy (non-hydrogen) atoms. The summed E-state index contributed by atoms with van der Waals surface area (Å²) in [6.07, 6.45) is 1.35. The highest BCUT2D eigenvalue weighted by Gasteiger charge is 2.07. The Labute approximate surface area is 115 Å². The van der Waals surface area contributed by atoms with Crippen molar-refractivity contribution in [3.05, 3.63) is 33.8 Å². The highest BCUT2D eigenvalue weighted by molar-refractivity contribution is 7.80. The Morgan fingerprint density at radius 1 is 1.35 bits per heavy atom. The van der Waals surface area contributed by atoms with Gasteiger partial charge in [0.1, 0.15) is 0 Å². The number of hydrogen-bond acceptors (Lipinski definition) is 2. The highest BCUT2D eigenvalue weighted by Crippen LogP contribution is 2.22. The molecule has 6 heteroatoms. The van der Waals surface area contributed by atoms with Gasteiger partial charge in [0.2, 0.25) is 0 Å². The summed E-state index contributed by atoms with van der Waals surface area (Å²) >= 11 is 16.3. The van der Waals surface area contributed by atoms with Crippen molar-refractivity contribution in [2.75, 3.05) is 6.54 Å². The van der Waals surface area contributed by atoms with Crippen molar-refractivity contribution in [3.63, 3.8) is 0 Å². The third-order valence-corrected chi connectivity index (χ3v) is 3.01. The van der Waals surface area contributed by atoms with Gasteiger partial charge in [-0.25, -0.2) is 0 Å². The molecule has 0 saturated heterocycles. The third kappa shape index (κ3) is 4.89. The van der Waals surface area contributed by atoms with Crippen LogP contribution in [0, 0.1) is 0 Å². The molecule has 0 saturated carbocycles. The molecule has 0 atom stereocenters. The molecule has 0 aliphatic carbocycles. The van der Waals surface area contributed by atoms with E-state index in [1.807, 2.05) is 0 Å². The van der Waals surface area contributed by atoms with Crippen LogP contribution < -0.4 is 11.1 Å². The fourth-order valence-corrected chi connectivity index (χ4v) is 1.65. The maximum Gasteiger partial charge on any atom is 0.251 e. The number of benzene rings is 1. The van der Waals surface area contributed by atoms with Gasteiger partial charge in [0.05, 0.1) is 15.0 Å². The van der Waals surface area contributed by atoms with Crippen LogP contribution >= 0.6 is 35.4 Å². The van der Waals surface area contributed by atoms with Gasteiger partial charge in [0.25, 0.3) is 5.91 Å². The number of amides is 1. The Bertz CT molecular complexity index is 437. The molecule has 0 unspecified atom stereocenters. The Hall–Kier alpha value is -0.840. The maximum absolute atomic E-state index is 11.7. The predicted octanol–water partition coefficient (Wildman–Crippen LogP) is 2.79. The van der Waals surface area contributed by atoms with Crippen LogP contribution in [0.4, 0.5) is 0 Å². The zero-order valence-corrected chi connectivity index (χ0v) is 11.3. The van der Waals surface area contributed by atoms with Gasteiger partial charge in [-0.2, -0.15) is 0 Å². The summed E-state index contributed by atoms with van der Waals surface area (Å²) in [7, 11) is 0. The quantitative estimate of drug-likeness (QED) is 0.648. The molecule has 0 heterocycles. The Morgan fingerprint density at radius 3 is 2.65 bits per heavy atom. The Morgan fingerprint density at radius 2 is 2.06 bits per heavy atom. The van der Waals surface area contributed by atoms with E-state index in [4.69, 9.17) is 41.2 Å². The topological polar surface area (TPSA) is 55.1 Å². The Balaban J connectivity index is 2.47. The minimum Gasteiger partial charge on any atom is -0.393 e. The molecule has 1 aromatic carbocycles. The maximum atomic E-state index is 11.7. The average Bonchev–Trinajstić information content (AvgIpc) is 2.27. The van der Waals surface area contributed by atoms with Crippen molar-refractivity contribution in [2.45, 2.75) is 12.8 Å². The van der Waals surface area contributed by atoms with E-state index in [1.165, 1.54) is 6.07 Å². The van der Waals surface area contributed by atoms with Gasteiger partial charge in [-0.3, -0.25) is 4.79 Å². The first-order chi connectivity index (χ1) is 8.00. The second-order valence-electron chi connectivity index (χ2n) is 3.45. The summed E-state index contributed by atoms with van der Waals surface area (Å²) in [5.41, 5.74) is 5.82. The van der Waals surface area contributed by atoms with Gasteiger partial charge in [0, 0.05) is 12.1 Å². The number of halogens is 2. The van der Waals surface area contributed by atoms with E-state index >= 15 is 0 Å². The lowest BCUT2D eigenvalue weighted by Gasteiger charge is -2.05. The van der Waals surface area contributed by atoms with Crippen molar-refractivity contribution >= 4 is 46.3 Å². The molecule has 0 bridgehead atoms. The molecule has 3 N–H and O–H groups in total. The standard InChI is InChI=1S/C11H12Cl2N2OS/c12-8-4-3-7(6-9(8)13)11(16)15-5-1-2-10(14)17/h3-4,6H,1-2,5H2,(H2,14,17)(H,15,16). The van der Waals surface area contributed by atoms with E-state index in [-0.39, 0.29) is 5.91 Å². The van der Waals surface area contributed by atoms with E-state index in [0.29, 0.717) is 33.6 Å². The predicted molar refractivity (Wildman–Crippen MR) is 74.8 cm³/mol. The van der Waals surface area contributed by atoms with Crippen LogP contribution in [0.15, 0.2) is 18.2 Å². The lowest BCUT2D eigenvalue weighted by molar-refractivity contribution is 0.0953. The number of hydrogen-bond donors (Lipinski definition) is 2. The second-order valence-corrected chi connectivity index (χ2v) is 4.79. The third-order valence-electron chi connectivity index (χ3n) is 2.07. The van der Waals surface area contributed by atoms with Gasteiger partial charge in [-0.1, -0.05) is 35.4 Å². The van der Waals surface area contributed by atoms with Gasteiger partial charge >= 0.3 is 0 Å². The first-order valence-corrected chi connectivity index (χ1v) is 6.18. The molecule has 1 rings (SSSR count). The molecule has 1 amide bonds. The average molecular weight is 291 g/mol. The van der Waals surface area contributed by atoms with Crippen LogP contribution in [0.1, 0.15) is 23.2 Å². The summed E-state index contributed by atoms with van der Waals surface area (Å²) < 4.78 is 0. The number of carbonyl (C=O) groups is 1. The van der Waals surface area contributed by atoms with Crippen molar-refractivity contribution < 1.29 is 4.79 Å². The zero-order chi connectivity index (χ0) is 12.8. The summed E-state index contributed by atoms with van der Waals surface area (Å²) in [6, 6.07) is 4.75. The van der Waals surface area contributed by atoms with E-state index in [9.17, 15) is 4.79 Å². The first-order valence-electron chi connectivity index (χ1n) is 5.02. The van der Waals surface area contributed by atoms with Crippen LogP contribution in [-0.4, -0.2) is 17.4 Å². The summed E-state index contributed by atoms with van der Waals surface area (Å²) in [5, 5.41) is 3.54. The van der Waals surface area contributed by atoms with Crippen molar-refractivity contribution in [1.29, 1.82) is 0 Å². The lowest BCUT2D eigenvalue weighted by atomic mass is 10.2. The number of rotatable bonds is 5. The first kappa shape index (κ1) is 14.2. The van der Waals surface area contributed by atoms with Gasteiger partial charge in [-0.15, -0.1) is 0 Å². The van der Waals surface area contributed by atoms with Crippen molar-refractivity contribution in [1.82, 2.24) is 5.32 Å². The van der Waals surface area contributed by atoms with Crippen LogP contribution in [0.5, 0.6) is 0 Å². The molecule has 0 radical (unpaired) electrons. The monoisotopic (exact) mass is 290 g/mol. The largest absolute Gasteiger partial charge is 0.393 e. The van der Waals surface area contributed by atoms with Crippen LogP contribution in [0.2, 0.25) is 10.0 Å². The minimum atomic E-state index is -0.188. The van der Waals surface area contributed by atoms with E-state index in [1.54, 1.807) is 12.1 Å². The molecular formula is C11H12Cl2N2OS. The molecule has 1 aromatic rings. The molecule has 0 aliphatic heterocycles. The number of thiocarbonyl (C=S) groups is 1. The van der Waals surface area contributed by atoms with Crippen LogP contribution in [-0.2, 0) is 0 Å². The smallest absolute Gasteiger partial charge is 0.251 e. The van der Waals surface area contributed by atoms with Crippen molar-refractivity contribution in [2.24, 2.45) is 5.73 Å². The van der Waals surface area contributed by atoms with E-state index < -0.39 is 0 Å². The lowest BCUT2D eigenvalue weighted by Crippen LogP contribution is -2.25. The molecular weight excluding hydrogens is 279 g/mol. The van der Waals surface area contributed by atoms with Gasteiger partial charge < -0.3 is 11.1 Å². The summed E-state index contributed by atoms with van der Waals surface area (Å²) in [4.78, 5) is 12.1. The fraction of sp³-hybridized carbons (Fsp3) is 0.273. The number of nitrogens with one attached hydrogen (secondary N) is 1. The molecule has 92 valence electrons. The second kappa shape index (κ2) is 6.79. The molecule has 0 fully saturated rings. The summed E-state index contributed by atoms with van der Waals surface area (Å²) in [5.74, 6) is -0.188. The Kier molecular flexibility index (Phi) is 5.68. The molecule has 0 spiro atoms. The van der Waals surface area contributed by atoms with E-state index in [2.05, 4.69) is 5.32 Å². The highest BCUT2D eigenvalue weighted by atomic mass is 35.5. The zero-order valence-electron chi connectivity index (χ0n) is 9.00. The molecule has 3 nitrogen and oxygen atoms in total. The fourth-order valence-electron chi connectivity index (χ4n) is 1.20. The SMILES string of the molecule is NC(=S)CCCNC(=O)c1ccc(Cl)c(Cl)c1. The number of carbonyl (C=O) groups excluding carboxylic acids is 1. The van der Waals surface area contributed by atoms with Crippen LogP contribution in [0.25, 0.3) is 0 Å². The van der Waals surface area contributed by atoms with Gasteiger partial charge in [0.15, 0.2) is 0 Å². The van der Waals surface area contributed by atoms with Crippen LogP contribution in [0.3, 0.4) is 0 Å².